The van der Waals surface area contributed by atoms with Gasteiger partial charge in [0, 0.05) is 26.2 Å². The van der Waals surface area contributed by atoms with Gasteiger partial charge in [0.15, 0.2) is 4.67 Å². The molecule has 7 heteroatoms. The number of ether oxygens (including phenoxy) is 1. The molecule has 110 valence electrons. The zero-order valence-electron chi connectivity index (χ0n) is 11.2. The molecule has 0 unspecified atom stereocenters. The summed E-state index contributed by atoms with van der Waals surface area (Å²) in [6, 6.07) is 1.70. The van der Waals surface area contributed by atoms with E-state index >= 15 is 0 Å². The van der Waals surface area contributed by atoms with Gasteiger partial charge in [0.2, 0.25) is 5.91 Å². The Bertz CT molecular complexity index is 480. The number of likely N-dealkylation sites (tertiary alicyclic amines) is 1. The zero-order valence-corrected chi connectivity index (χ0v) is 12.8. The fourth-order valence-corrected chi connectivity index (χ4v) is 2.63. The van der Waals surface area contributed by atoms with Crippen LogP contribution in [0.5, 0.6) is 0 Å². The number of carbonyl (C=O) groups is 2. The molecule has 0 atom stereocenters. The Balaban J connectivity index is 1.81. The normalized spacial score (nSPS) is 16.2. The lowest BCUT2D eigenvalue weighted by molar-refractivity contribution is -0.136. The number of rotatable bonds is 4. The average molecular weight is 345 g/mol. The standard InChI is InChI=1S/C13H17BrN2O4/c1-19-8-11(17)16-5-2-9(3-6-16)15-13(18)10-4-7-20-12(10)14/h4,7,9H,2-3,5-6,8H2,1H3,(H,15,18). The maximum absolute atomic E-state index is 12.0. The zero-order chi connectivity index (χ0) is 14.5. The molecule has 0 saturated carbocycles. The van der Waals surface area contributed by atoms with E-state index in [1.165, 1.54) is 13.4 Å². The summed E-state index contributed by atoms with van der Waals surface area (Å²) in [6.45, 7) is 1.39. The number of halogens is 1. The lowest BCUT2D eigenvalue weighted by atomic mass is 10.0. The van der Waals surface area contributed by atoms with Crippen molar-refractivity contribution in [2.75, 3.05) is 26.8 Å². The molecule has 1 aliphatic heterocycles. The van der Waals surface area contributed by atoms with Crippen LogP contribution in [-0.2, 0) is 9.53 Å². The molecule has 1 saturated heterocycles. The lowest BCUT2D eigenvalue weighted by Crippen LogP contribution is -2.47. The second-order valence-corrected chi connectivity index (χ2v) is 5.39. The first-order valence-corrected chi connectivity index (χ1v) is 7.21. The van der Waals surface area contributed by atoms with Gasteiger partial charge in [0.05, 0.1) is 11.8 Å². The number of nitrogens with zero attached hydrogens (tertiary/aromatic N) is 1. The van der Waals surface area contributed by atoms with Crippen LogP contribution in [0.2, 0.25) is 0 Å². The molecule has 0 spiro atoms. The molecule has 0 aromatic carbocycles. The van der Waals surface area contributed by atoms with Crippen molar-refractivity contribution in [1.82, 2.24) is 10.2 Å². The summed E-state index contributed by atoms with van der Waals surface area (Å²) in [6.07, 6.45) is 2.96. The van der Waals surface area contributed by atoms with Crippen LogP contribution in [0.3, 0.4) is 0 Å². The first kappa shape index (κ1) is 15.1. The van der Waals surface area contributed by atoms with E-state index in [-0.39, 0.29) is 24.5 Å². The van der Waals surface area contributed by atoms with Crippen molar-refractivity contribution in [1.29, 1.82) is 0 Å². The molecule has 2 amide bonds. The van der Waals surface area contributed by atoms with Crippen LogP contribution in [0.25, 0.3) is 0 Å². The van der Waals surface area contributed by atoms with Crippen LogP contribution in [-0.4, -0.2) is 49.6 Å². The third-order valence-corrected chi connectivity index (χ3v) is 3.93. The summed E-state index contributed by atoms with van der Waals surface area (Å²) in [5.74, 6) is -0.165. The van der Waals surface area contributed by atoms with Crippen LogP contribution in [0.15, 0.2) is 21.4 Å². The molecule has 0 bridgehead atoms. The Morgan fingerprint density at radius 1 is 1.50 bits per heavy atom. The molecular formula is C13H17BrN2O4. The minimum absolute atomic E-state index is 0.00476. The van der Waals surface area contributed by atoms with Gasteiger partial charge in [-0.25, -0.2) is 0 Å². The van der Waals surface area contributed by atoms with Gasteiger partial charge in [-0.15, -0.1) is 0 Å². The predicted molar refractivity (Wildman–Crippen MR) is 75.4 cm³/mol. The second-order valence-electron chi connectivity index (χ2n) is 4.67. The fraction of sp³-hybridized carbons (Fsp3) is 0.538. The number of amides is 2. The quantitative estimate of drug-likeness (QED) is 0.896. The fourth-order valence-electron chi connectivity index (χ4n) is 2.21. The van der Waals surface area contributed by atoms with Crippen LogP contribution in [0.4, 0.5) is 0 Å². The highest BCUT2D eigenvalue weighted by molar-refractivity contribution is 9.10. The summed E-state index contributed by atoms with van der Waals surface area (Å²) < 4.78 is 10.3. The van der Waals surface area contributed by atoms with E-state index in [1.807, 2.05) is 0 Å². The Labute approximate surface area is 125 Å². The van der Waals surface area contributed by atoms with Crippen molar-refractivity contribution in [2.45, 2.75) is 18.9 Å². The van der Waals surface area contributed by atoms with Crippen LogP contribution < -0.4 is 5.32 Å². The van der Waals surface area contributed by atoms with Gasteiger partial charge in [0.1, 0.15) is 6.61 Å². The Morgan fingerprint density at radius 2 is 2.20 bits per heavy atom. The topological polar surface area (TPSA) is 71.8 Å². The van der Waals surface area contributed by atoms with Crippen molar-refractivity contribution in [3.05, 3.63) is 22.6 Å². The van der Waals surface area contributed by atoms with Gasteiger partial charge in [0.25, 0.3) is 5.91 Å². The van der Waals surface area contributed by atoms with Crippen molar-refractivity contribution in [2.24, 2.45) is 0 Å². The van der Waals surface area contributed by atoms with Crippen LogP contribution >= 0.6 is 15.9 Å². The van der Waals surface area contributed by atoms with Crippen molar-refractivity contribution in [3.63, 3.8) is 0 Å². The van der Waals surface area contributed by atoms with Gasteiger partial charge in [-0.1, -0.05) is 0 Å². The summed E-state index contributed by atoms with van der Waals surface area (Å²) in [5.41, 5.74) is 0.489. The summed E-state index contributed by atoms with van der Waals surface area (Å²) in [5, 5.41) is 2.96. The predicted octanol–water partition coefficient (Wildman–Crippen LogP) is 1.41. The molecule has 2 heterocycles. The molecule has 1 aromatic heterocycles. The molecule has 0 radical (unpaired) electrons. The first-order valence-electron chi connectivity index (χ1n) is 6.42. The lowest BCUT2D eigenvalue weighted by Gasteiger charge is -2.32. The minimum atomic E-state index is -0.160. The highest BCUT2D eigenvalue weighted by atomic mass is 79.9. The van der Waals surface area contributed by atoms with Gasteiger partial charge >= 0.3 is 0 Å². The summed E-state index contributed by atoms with van der Waals surface area (Å²) >= 11 is 3.18. The van der Waals surface area contributed by atoms with Crippen molar-refractivity contribution < 1.29 is 18.7 Å². The maximum atomic E-state index is 12.0. The van der Waals surface area contributed by atoms with Crippen LogP contribution in [0, 0.1) is 0 Å². The molecular weight excluding hydrogens is 328 g/mol. The highest BCUT2D eigenvalue weighted by Crippen LogP contribution is 2.18. The maximum Gasteiger partial charge on any atom is 0.255 e. The molecule has 6 nitrogen and oxygen atoms in total. The minimum Gasteiger partial charge on any atom is -0.457 e. The Morgan fingerprint density at radius 3 is 2.75 bits per heavy atom. The number of hydrogen-bond acceptors (Lipinski definition) is 4. The molecule has 1 fully saturated rings. The third kappa shape index (κ3) is 3.61. The number of nitrogens with one attached hydrogen (secondary N) is 1. The second kappa shape index (κ2) is 6.90. The number of carbonyl (C=O) groups excluding carboxylic acids is 2. The van der Waals surface area contributed by atoms with Crippen LogP contribution in [0.1, 0.15) is 23.2 Å². The molecule has 0 aliphatic carbocycles. The SMILES string of the molecule is COCC(=O)N1CCC(NC(=O)c2ccoc2Br)CC1. The Kier molecular flexibility index (Phi) is 5.19. The molecule has 1 N–H and O–H groups in total. The van der Waals surface area contributed by atoms with E-state index in [2.05, 4.69) is 21.2 Å². The number of furan rings is 1. The molecule has 2 rings (SSSR count). The smallest absolute Gasteiger partial charge is 0.255 e. The number of hydrogen-bond donors (Lipinski definition) is 1. The van der Waals surface area contributed by atoms with E-state index in [9.17, 15) is 9.59 Å². The van der Waals surface area contributed by atoms with E-state index in [0.717, 1.165) is 12.8 Å². The van der Waals surface area contributed by atoms with Gasteiger partial charge < -0.3 is 19.4 Å². The number of methoxy groups -OCH3 is 1. The van der Waals surface area contributed by atoms with E-state index in [4.69, 9.17) is 9.15 Å². The van der Waals surface area contributed by atoms with Crippen molar-refractivity contribution in [3.8, 4) is 0 Å². The molecule has 1 aliphatic rings. The largest absolute Gasteiger partial charge is 0.457 e. The summed E-state index contributed by atoms with van der Waals surface area (Å²) in [4.78, 5) is 25.4. The van der Waals surface area contributed by atoms with E-state index in [1.54, 1.807) is 11.0 Å². The highest BCUT2D eigenvalue weighted by Gasteiger charge is 2.24. The van der Waals surface area contributed by atoms with E-state index in [0.29, 0.717) is 23.3 Å². The summed E-state index contributed by atoms with van der Waals surface area (Å²) in [7, 11) is 1.51. The van der Waals surface area contributed by atoms with Gasteiger partial charge in [-0.05, 0) is 34.8 Å². The van der Waals surface area contributed by atoms with Crippen molar-refractivity contribution >= 4 is 27.7 Å². The average Bonchev–Trinajstić information content (AvgIpc) is 2.86. The number of piperidine rings is 1. The third-order valence-electron chi connectivity index (χ3n) is 3.31. The van der Waals surface area contributed by atoms with Gasteiger partial charge in [-0.3, -0.25) is 9.59 Å². The van der Waals surface area contributed by atoms with E-state index < -0.39 is 0 Å². The monoisotopic (exact) mass is 344 g/mol. The van der Waals surface area contributed by atoms with Gasteiger partial charge in [-0.2, -0.15) is 0 Å². The molecule has 1 aromatic rings. The Hall–Kier alpha value is -1.34. The molecule has 20 heavy (non-hydrogen) atoms. The first-order chi connectivity index (χ1) is 9.61.